The number of carbonyl (C=O) groups excluding carboxylic acids is 2. The molecule has 5 rings (SSSR count). The van der Waals surface area contributed by atoms with Gasteiger partial charge in [0.05, 0.1) is 10.5 Å². The number of carbonyl (C=O) groups is 2. The van der Waals surface area contributed by atoms with Crippen LogP contribution in [0.2, 0.25) is 0 Å². The number of benzene rings is 1. The van der Waals surface area contributed by atoms with E-state index in [4.69, 9.17) is 9.47 Å². The van der Waals surface area contributed by atoms with E-state index in [1.807, 2.05) is 0 Å². The maximum Gasteiger partial charge on any atom is 0.338 e. The molecule has 4 fully saturated rings. The molecular formula is C19H21O7S-. The van der Waals surface area contributed by atoms with Crippen LogP contribution in [0.15, 0.2) is 29.2 Å². The van der Waals surface area contributed by atoms with Gasteiger partial charge in [0, 0.05) is 18.8 Å². The lowest BCUT2D eigenvalue weighted by Crippen LogP contribution is -2.59. The molecule has 0 heterocycles. The van der Waals surface area contributed by atoms with Crippen LogP contribution in [0, 0.1) is 17.8 Å². The van der Waals surface area contributed by atoms with Crippen molar-refractivity contribution in [1.82, 2.24) is 0 Å². The van der Waals surface area contributed by atoms with E-state index < -0.39 is 26.6 Å². The molecule has 1 aromatic rings. The van der Waals surface area contributed by atoms with E-state index in [1.54, 1.807) is 0 Å². The molecule has 4 bridgehead atoms. The van der Waals surface area contributed by atoms with Crippen LogP contribution in [0.3, 0.4) is 0 Å². The summed E-state index contributed by atoms with van der Waals surface area (Å²) >= 11 is 0. The molecule has 27 heavy (non-hydrogen) atoms. The van der Waals surface area contributed by atoms with E-state index in [0.29, 0.717) is 18.8 Å². The van der Waals surface area contributed by atoms with E-state index >= 15 is 0 Å². The summed E-state index contributed by atoms with van der Waals surface area (Å²) in [5.74, 6) is -0.164. The summed E-state index contributed by atoms with van der Waals surface area (Å²) < 4.78 is 44.9. The van der Waals surface area contributed by atoms with Crippen molar-refractivity contribution in [2.75, 3.05) is 0 Å². The standard InChI is InChI=1S/C19H22O7S/c1-11(20)26-19-8-12-5-14(9-19)17(15(6-12)10-19)25-18(21)13-3-2-4-16(7-13)27(22,23)24/h2-4,7,12,14-15,17H,5-6,8-10H2,1H3,(H,22,23,24)/p-1. The number of ether oxygens (including phenoxy) is 2. The number of hydrogen-bond acceptors (Lipinski definition) is 7. The van der Waals surface area contributed by atoms with Crippen LogP contribution in [0.25, 0.3) is 0 Å². The summed E-state index contributed by atoms with van der Waals surface area (Å²) in [5, 5.41) is 0. The Morgan fingerprint density at radius 3 is 2.41 bits per heavy atom. The van der Waals surface area contributed by atoms with Gasteiger partial charge in [-0.15, -0.1) is 0 Å². The van der Waals surface area contributed by atoms with Gasteiger partial charge in [-0.3, -0.25) is 4.79 Å². The van der Waals surface area contributed by atoms with Crippen LogP contribution in [0.4, 0.5) is 0 Å². The number of rotatable bonds is 4. The Morgan fingerprint density at radius 1 is 1.15 bits per heavy atom. The molecular weight excluding hydrogens is 372 g/mol. The van der Waals surface area contributed by atoms with Crippen LogP contribution in [0.1, 0.15) is 49.4 Å². The smallest absolute Gasteiger partial charge is 0.338 e. The third-order valence-corrected chi connectivity index (χ3v) is 6.92. The maximum atomic E-state index is 12.6. The molecule has 4 aliphatic carbocycles. The Morgan fingerprint density at radius 2 is 1.81 bits per heavy atom. The van der Waals surface area contributed by atoms with Gasteiger partial charge in [-0.25, -0.2) is 13.2 Å². The minimum Gasteiger partial charge on any atom is -0.744 e. The lowest BCUT2D eigenvalue weighted by atomic mass is 9.53. The lowest BCUT2D eigenvalue weighted by Gasteiger charge is -2.58. The van der Waals surface area contributed by atoms with Gasteiger partial charge in [0.2, 0.25) is 0 Å². The van der Waals surface area contributed by atoms with Gasteiger partial charge >= 0.3 is 11.9 Å². The molecule has 1 aromatic carbocycles. The molecule has 146 valence electrons. The molecule has 0 saturated heterocycles. The van der Waals surface area contributed by atoms with Crippen LogP contribution in [-0.2, 0) is 24.4 Å². The minimum absolute atomic E-state index is 0.0513. The average molecular weight is 393 g/mol. The second-order valence-electron chi connectivity index (χ2n) is 8.10. The molecule has 0 spiro atoms. The molecule has 4 aliphatic rings. The summed E-state index contributed by atoms with van der Waals surface area (Å²) in [4.78, 5) is 23.6. The van der Waals surface area contributed by atoms with Crippen molar-refractivity contribution < 1.29 is 32.0 Å². The van der Waals surface area contributed by atoms with Gasteiger partial charge in [0.15, 0.2) is 0 Å². The summed E-state index contributed by atoms with van der Waals surface area (Å²) in [5.41, 5.74) is -0.377. The van der Waals surface area contributed by atoms with Gasteiger partial charge in [-0.2, -0.15) is 0 Å². The molecule has 2 atom stereocenters. The predicted molar refractivity (Wildman–Crippen MR) is 91.7 cm³/mol. The van der Waals surface area contributed by atoms with Crippen LogP contribution >= 0.6 is 0 Å². The largest absolute Gasteiger partial charge is 0.744 e. The molecule has 4 saturated carbocycles. The van der Waals surface area contributed by atoms with Gasteiger partial charge in [-0.05, 0) is 56.2 Å². The Hall–Kier alpha value is -1.93. The molecule has 0 aliphatic heterocycles. The van der Waals surface area contributed by atoms with Crippen molar-refractivity contribution in [2.24, 2.45) is 17.8 Å². The highest BCUT2D eigenvalue weighted by molar-refractivity contribution is 7.85. The first-order valence-corrected chi connectivity index (χ1v) is 10.5. The van der Waals surface area contributed by atoms with Crippen molar-refractivity contribution >= 4 is 22.1 Å². The van der Waals surface area contributed by atoms with E-state index in [-0.39, 0.29) is 29.5 Å². The topological polar surface area (TPSA) is 110 Å². The van der Waals surface area contributed by atoms with E-state index in [1.165, 1.54) is 19.1 Å². The monoisotopic (exact) mass is 393 g/mol. The zero-order valence-corrected chi connectivity index (χ0v) is 15.7. The van der Waals surface area contributed by atoms with Gasteiger partial charge in [0.25, 0.3) is 0 Å². The quantitative estimate of drug-likeness (QED) is 0.570. The molecule has 7 nitrogen and oxygen atoms in total. The first kappa shape index (κ1) is 18.4. The summed E-state index contributed by atoms with van der Waals surface area (Å²) in [6, 6.07) is 5.01. The normalized spacial score (nSPS) is 34.3. The average Bonchev–Trinajstić information content (AvgIpc) is 2.55. The zero-order chi connectivity index (χ0) is 19.4. The van der Waals surface area contributed by atoms with Crippen LogP contribution in [-0.4, -0.2) is 36.6 Å². The Balaban J connectivity index is 1.51. The lowest BCUT2D eigenvalue weighted by molar-refractivity contribution is -0.204. The third kappa shape index (κ3) is 3.48. The number of hydrogen-bond donors (Lipinski definition) is 0. The molecule has 0 amide bonds. The van der Waals surface area contributed by atoms with Crippen molar-refractivity contribution in [2.45, 2.75) is 55.6 Å². The molecule has 2 unspecified atom stereocenters. The van der Waals surface area contributed by atoms with Crippen molar-refractivity contribution in [3.05, 3.63) is 29.8 Å². The second kappa shape index (κ2) is 6.31. The highest BCUT2D eigenvalue weighted by Gasteiger charge is 2.58. The Kier molecular flexibility index (Phi) is 4.31. The second-order valence-corrected chi connectivity index (χ2v) is 9.48. The molecule has 0 N–H and O–H groups in total. The fraction of sp³-hybridized carbons (Fsp3) is 0.579. The fourth-order valence-electron chi connectivity index (χ4n) is 5.50. The predicted octanol–water partition coefficient (Wildman–Crippen LogP) is 2.26. The Bertz CT molecular complexity index is 875. The molecule has 8 heteroatoms. The summed E-state index contributed by atoms with van der Waals surface area (Å²) in [6.07, 6.45) is 3.85. The minimum atomic E-state index is -4.63. The Labute approximate surface area is 157 Å². The molecule has 0 radical (unpaired) electrons. The SMILES string of the molecule is CC(=O)OC12CC3CC(C1)C(OC(=O)c1cccc(S(=O)(=O)[O-])c1)C(C3)C2. The van der Waals surface area contributed by atoms with Gasteiger partial charge in [-0.1, -0.05) is 6.07 Å². The number of esters is 2. The van der Waals surface area contributed by atoms with Crippen molar-refractivity contribution in [3.63, 3.8) is 0 Å². The zero-order valence-electron chi connectivity index (χ0n) is 14.9. The maximum absolute atomic E-state index is 12.6. The fourth-order valence-corrected chi connectivity index (χ4v) is 6.01. The van der Waals surface area contributed by atoms with Gasteiger partial charge < -0.3 is 14.0 Å². The van der Waals surface area contributed by atoms with Crippen molar-refractivity contribution in [3.8, 4) is 0 Å². The van der Waals surface area contributed by atoms with E-state index in [0.717, 1.165) is 31.4 Å². The summed E-state index contributed by atoms with van der Waals surface area (Å²) in [6.45, 7) is 1.42. The highest BCUT2D eigenvalue weighted by atomic mass is 32.2. The van der Waals surface area contributed by atoms with Gasteiger partial charge in [0.1, 0.15) is 21.8 Å². The summed E-state index contributed by atoms with van der Waals surface area (Å²) in [7, 11) is -4.63. The highest BCUT2D eigenvalue weighted by Crippen LogP contribution is 2.58. The van der Waals surface area contributed by atoms with E-state index in [9.17, 15) is 22.6 Å². The first-order chi connectivity index (χ1) is 12.7. The van der Waals surface area contributed by atoms with Crippen LogP contribution in [0.5, 0.6) is 0 Å². The van der Waals surface area contributed by atoms with Crippen LogP contribution < -0.4 is 0 Å². The first-order valence-electron chi connectivity index (χ1n) is 9.12. The van der Waals surface area contributed by atoms with E-state index in [2.05, 4.69) is 0 Å². The van der Waals surface area contributed by atoms with Crippen molar-refractivity contribution in [1.29, 1.82) is 0 Å². The molecule has 0 aromatic heterocycles. The third-order valence-electron chi connectivity index (χ3n) is 6.09.